The van der Waals surface area contributed by atoms with Crippen LogP contribution >= 0.6 is 11.6 Å². The Morgan fingerprint density at radius 2 is 1.83 bits per heavy atom. The molecule has 0 aliphatic heterocycles. The summed E-state index contributed by atoms with van der Waals surface area (Å²) in [5, 5.41) is 0.515. The van der Waals surface area contributed by atoms with E-state index in [1.54, 1.807) is 24.3 Å². The Labute approximate surface area is 136 Å². The van der Waals surface area contributed by atoms with E-state index in [0.29, 0.717) is 16.1 Å². The molecule has 0 aromatic heterocycles. The van der Waals surface area contributed by atoms with E-state index in [-0.39, 0.29) is 18.1 Å². The molecule has 0 amide bonds. The molecule has 0 unspecified atom stereocenters. The molecular weight excluding hydrogens is 330 g/mol. The lowest BCUT2D eigenvalue weighted by Crippen LogP contribution is -2.06. The minimum Gasteiger partial charge on any atom is -0.493 e. The van der Waals surface area contributed by atoms with E-state index in [4.69, 9.17) is 21.1 Å². The largest absolute Gasteiger partial charge is 0.493 e. The van der Waals surface area contributed by atoms with Gasteiger partial charge >= 0.3 is 12.6 Å². The second kappa shape index (κ2) is 7.78. The number of methoxy groups -OCH3 is 1. The monoisotopic (exact) mass is 342 g/mol. The molecule has 0 heterocycles. The van der Waals surface area contributed by atoms with E-state index in [1.165, 1.54) is 25.3 Å². The number of benzene rings is 2. The molecule has 0 spiro atoms. The highest BCUT2D eigenvalue weighted by Crippen LogP contribution is 2.29. The van der Waals surface area contributed by atoms with Gasteiger partial charge in [-0.2, -0.15) is 8.78 Å². The van der Waals surface area contributed by atoms with E-state index < -0.39 is 12.6 Å². The van der Waals surface area contributed by atoms with E-state index in [1.807, 2.05) is 0 Å². The van der Waals surface area contributed by atoms with Crippen LogP contribution in [0.25, 0.3) is 0 Å². The first-order chi connectivity index (χ1) is 11.0. The third-order valence-corrected chi connectivity index (χ3v) is 3.15. The molecule has 4 nitrogen and oxygen atoms in total. The van der Waals surface area contributed by atoms with Crippen molar-refractivity contribution in [2.75, 3.05) is 7.11 Å². The number of carbonyl (C=O) groups excluding carboxylic acids is 1. The molecule has 122 valence electrons. The molecule has 0 bridgehead atoms. The van der Waals surface area contributed by atoms with Gasteiger partial charge in [-0.1, -0.05) is 17.7 Å². The SMILES string of the molecule is COc1cc(COC(=O)c2ccc(Cl)cc2)ccc1OC(F)F. The van der Waals surface area contributed by atoms with Crippen LogP contribution in [0.1, 0.15) is 15.9 Å². The molecule has 2 aromatic carbocycles. The van der Waals surface area contributed by atoms with Crippen LogP contribution in [0, 0.1) is 0 Å². The van der Waals surface area contributed by atoms with Gasteiger partial charge in [0.05, 0.1) is 12.7 Å². The number of rotatable bonds is 6. The third kappa shape index (κ3) is 4.82. The molecule has 0 saturated heterocycles. The summed E-state index contributed by atoms with van der Waals surface area (Å²) in [5.41, 5.74) is 0.935. The van der Waals surface area contributed by atoms with Gasteiger partial charge in [0.25, 0.3) is 0 Å². The standard InChI is InChI=1S/C16H13ClF2O4/c1-21-14-8-10(2-7-13(14)23-16(18)19)9-22-15(20)11-3-5-12(17)6-4-11/h2-8,16H,9H2,1H3. The predicted molar refractivity (Wildman–Crippen MR) is 80.2 cm³/mol. The van der Waals surface area contributed by atoms with Crippen molar-refractivity contribution in [2.45, 2.75) is 13.2 Å². The maximum Gasteiger partial charge on any atom is 0.387 e. The van der Waals surface area contributed by atoms with Crippen molar-refractivity contribution in [2.24, 2.45) is 0 Å². The summed E-state index contributed by atoms with van der Waals surface area (Å²) in [6.45, 7) is -2.98. The zero-order valence-electron chi connectivity index (χ0n) is 12.1. The number of hydrogen-bond acceptors (Lipinski definition) is 4. The second-order valence-electron chi connectivity index (χ2n) is 4.45. The summed E-state index contributed by atoms with van der Waals surface area (Å²) in [4.78, 5) is 11.9. The molecular formula is C16H13ClF2O4. The van der Waals surface area contributed by atoms with Gasteiger partial charge in [-0.05, 0) is 42.0 Å². The van der Waals surface area contributed by atoms with Gasteiger partial charge in [0, 0.05) is 5.02 Å². The Kier molecular flexibility index (Phi) is 5.76. The van der Waals surface area contributed by atoms with Gasteiger partial charge in [0.15, 0.2) is 11.5 Å². The van der Waals surface area contributed by atoms with Crippen LogP contribution in [0.4, 0.5) is 8.78 Å². The van der Waals surface area contributed by atoms with Gasteiger partial charge in [-0.3, -0.25) is 0 Å². The predicted octanol–water partition coefficient (Wildman–Crippen LogP) is 4.31. The van der Waals surface area contributed by atoms with Crippen molar-refractivity contribution in [3.8, 4) is 11.5 Å². The molecule has 7 heteroatoms. The quantitative estimate of drug-likeness (QED) is 0.734. The topological polar surface area (TPSA) is 44.8 Å². The van der Waals surface area contributed by atoms with E-state index in [0.717, 1.165) is 0 Å². The van der Waals surface area contributed by atoms with Crippen LogP contribution in [0.5, 0.6) is 11.5 Å². The second-order valence-corrected chi connectivity index (χ2v) is 4.88. The molecule has 2 aromatic rings. The van der Waals surface area contributed by atoms with E-state index in [9.17, 15) is 13.6 Å². The maximum absolute atomic E-state index is 12.3. The molecule has 0 atom stereocenters. The molecule has 0 N–H and O–H groups in total. The van der Waals surface area contributed by atoms with Crippen molar-refractivity contribution < 1.29 is 27.8 Å². The number of esters is 1. The molecule has 0 saturated carbocycles. The summed E-state index contributed by atoms with van der Waals surface area (Å²) in [6.07, 6.45) is 0. The molecule has 0 radical (unpaired) electrons. The summed E-state index contributed by atoms with van der Waals surface area (Å²) in [5.74, 6) is -0.478. The zero-order valence-corrected chi connectivity index (χ0v) is 12.8. The number of ether oxygens (including phenoxy) is 3. The van der Waals surface area contributed by atoms with Gasteiger partial charge in [-0.25, -0.2) is 4.79 Å². The van der Waals surface area contributed by atoms with Crippen molar-refractivity contribution in [1.82, 2.24) is 0 Å². The summed E-state index contributed by atoms with van der Waals surface area (Å²) in [6, 6.07) is 10.6. The molecule has 0 aliphatic rings. The highest BCUT2D eigenvalue weighted by molar-refractivity contribution is 6.30. The van der Waals surface area contributed by atoms with E-state index >= 15 is 0 Å². The van der Waals surface area contributed by atoms with Gasteiger partial charge < -0.3 is 14.2 Å². The number of halogens is 3. The lowest BCUT2D eigenvalue weighted by atomic mass is 10.2. The first kappa shape index (κ1) is 17.0. The smallest absolute Gasteiger partial charge is 0.387 e. The Bertz CT molecular complexity index is 674. The third-order valence-electron chi connectivity index (χ3n) is 2.89. The van der Waals surface area contributed by atoms with Crippen molar-refractivity contribution in [1.29, 1.82) is 0 Å². The Hall–Kier alpha value is -2.34. The average molecular weight is 343 g/mol. The minimum atomic E-state index is -2.95. The molecule has 2 rings (SSSR count). The van der Waals surface area contributed by atoms with Crippen LogP contribution in [0.15, 0.2) is 42.5 Å². The lowest BCUT2D eigenvalue weighted by molar-refractivity contribution is -0.0512. The fourth-order valence-corrected chi connectivity index (χ4v) is 1.94. The number of alkyl halides is 2. The van der Waals surface area contributed by atoms with Gasteiger partial charge in [0.2, 0.25) is 0 Å². The fraction of sp³-hybridized carbons (Fsp3) is 0.188. The molecule has 0 aliphatic carbocycles. The molecule has 0 fully saturated rings. The number of carbonyl (C=O) groups is 1. The van der Waals surface area contributed by atoms with Crippen LogP contribution in [0.3, 0.4) is 0 Å². The maximum atomic E-state index is 12.3. The van der Waals surface area contributed by atoms with Gasteiger partial charge in [0.1, 0.15) is 6.61 Å². The van der Waals surface area contributed by atoms with E-state index in [2.05, 4.69) is 4.74 Å². The van der Waals surface area contributed by atoms with Crippen molar-refractivity contribution >= 4 is 17.6 Å². The zero-order chi connectivity index (χ0) is 16.8. The first-order valence-electron chi connectivity index (χ1n) is 6.54. The highest BCUT2D eigenvalue weighted by Gasteiger charge is 2.12. The Morgan fingerprint density at radius 1 is 1.13 bits per heavy atom. The van der Waals surface area contributed by atoms with Crippen LogP contribution < -0.4 is 9.47 Å². The Morgan fingerprint density at radius 3 is 2.43 bits per heavy atom. The normalized spacial score (nSPS) is 10.5. The van der Waals surface area contributed by atoms with Crippen LogP contribution in [-0.2, 0) is 11.3 Å². The Balaban J connectivity index is 2.02. The van der Waals surface area contributed by atoms with Crippen molar-refractivity contribution in [3.63, 3.8) is 0 Å². The fourth-order valence-electron chi connectivity index (χ4n) is 1.81. The summed E-state index contributed by atoms with van der Waals surface area (Å²) in [7, 11) is 1.33. The highest BCUT2D eigenvalue weighted by atomic mass is 35.5. The average Bonchev–Trinajstić information content (AvgIpc) is 2.53. The van der Waals surface area contributed by atoms with Crippen LogP contribution in [0.2, 0.25) is 5.02 Å². The van der Waals surface area contributed by atoms with Gasteiger partial charge in [-0.15, -0.1) is 0 Å². The summed E-state index contributed by atoms with van der Waals surface area (Å²) >= 11 is 5.74. The number of hydrogen-bond donors (Lipinski definition) is 0. The lowest BCUT2D eigenvalue weighted by Gasteiger charge is -2.11. The van der Waals surface area contributed by atoms with Crippen LogP contribution in [-0.4, -0.2) is 19.7 Å². The first-order valence-corrected chi connectivity index (χ1v) is 6.92. The molecule has 23 heavy (non-hydrogen) atoms. The van der Waals surface area contributed by atoms with Crippen molar-refractivity contribution in [3.05, 3.63) is 58.6 Å². The minimum absolute atomic E-state index is 0.0349. The summed E-state index contributed by atoms with van der Waals surface area (Å²) < 4.78 is 38.9.